The maximum atomic E-state index is 12.7. The number of aliphatic carboxylic acids is 1. The predicted molar refractivity (Wildman–Crippen MR) is 331 cm³/mol. The number of rotatable bonds is 12. The Labute approximate surface area is 500 Å². The van der Waals surface area contributed by atoms with E-state index in [4.69, 9.17) is 34.5 Å². The van der Waals surface area contributed by atoms with Crippen molar-refractivity contribution in [3.8, 4) is 47.8 Å². The first kappa shape index (κ1) is 59.5. The number of carbonyl (C=O) groups excluding carboxylic acids is 1. The molecule has 12 rings (SSSR count). The highest BCUT2D eigenvalue weighted by atomic mass is 16.5. The van der Waals surface area contributed by atoms with Crippen LogP contribution in [0.2, 0.25) is 0 Å². The molecule has 18 heteroatoms. The molecule has 0 spiro atoms. The van der Waals surface area contributed by atoms with Gasteiger partial charge in [-0.05, 0) is 127 Å². The summed E-state index contributed by atoms with van der Waals surface area (Å²) in [6.45, 7) is 13.2. The van der Waals surface area contributed by atoms with Crippen LogP contribution >= 0.6 is 0 Å². The molecule has 1 N–H and O–H groups in total. The molecule has 4 aromatic carbocycles. The molecule has 18 nitrogen and oxygen atoms in total. The van der Waals surface area contributed by atoms with Crippen molar-refractivity contribution in [3.05, 3.63) is 107 Å². The fraction of sp³-hybridized carbons (Fsp3) is 0.463. The Balaban J connectivity index is 0.000000174. The first-order valence-electron chi connectivity index (χ1n) is 30.1. The van der Waals surface area contributed by atoms with Gasteiger partial charge in [-0.1, -0.05) is 84.6 Å². The molecule has 6 aromatic rings. The average molecular weight is 1140 g/mol. The molecule has 6 aliphatic heterocycles. The summed E-state index contributed by atoms with van der Waals surface area (Å²) in [6.07, 6.45) is 9.41. The number of piperidine rings is 1. The van der Waals surface area contributed by atoms with Crippen molar-refractivity contribution < 1.29 is 24.2 Å². The fourth-order valence-electron chi connectivity index (χ4n) is 13.0. The minimum Gasteiger partial charge on any atom is -0.472 e. The molecule has 4 saturated heterocycles. The molecule has 4 fully saturated rings. The number of fused-ring (bicyclic) bond motifs is 4. The molecule has 4 atom stereocenters. The van der Waals surface area contributed by atoms with E-state index in [0.29, 0.717) is 75.8 Å². The number of carbonyl (C=O) groups is 2. The number of hydrogen-bond donors (Lipinski definition) is 1. The van der Waals surface area contributed by atoms with Crippen LogP contribution in [-0.2, 0) is 35.5 Å². The van der Waals surface area contributed by atoms with E-state index in [1.54, 1.807) is 11.8 Å². The number of aromatic nitrogens is 4. The summed E-state index contributed by atoms with van der Waals surface area (Å²) in [4.78, 5) is 58.0. The van der Waals surface area contributed by atoms with Crippen LogP contribution in [0.3, 0.4) is 0 Å². The molecule has 85 heavy (non-hydrogen) atoms. The van der Waals surface area contributed by atoms with Crippen LogP contribution in [0, 0.1) is 52.3 Å². The van der Waals surface area contributed by atoms with Gasteiger partial charge in [0.2, 0.25) is 0 Å². The Morgan fingerprint density at radius 3 is 1.55 bits per heavy atom. The van der Waals surface area contributed by atoms with E-state index in [2.05, 4.69) is 158 Å². The third-order valence-corrected chi connectivity index (χ3v) is 17.4. The van der Waals surface area contributed by atoms with Gasteiger partial charge in [0.15, 0.2) is 0 Å². The van der Waals surface area contributed by atoms with Crippen molar-refractivity contribution in [2.45, 2.75) is 109 Å². The van der Waals surface area contributed by atoms with Gasteiger partial charge < -0.3 is 48.9 Å². The predicted octanol–water partition coefficient (Wildman–Crippen LogP) is 8.51. The lowest BCUT2D eigenvalue weighted by Gasteiger charge is -2.41. The molecule has 1 amide bonds. The summed E-state index contributed by atoms with van der Waals surface area (Å²) in [5, 5.41) is 31.6. The normalized spacial score (nSPS) is 20.2. The van der Waals surface area contributed by atoms with Gasteiger partial charge in [-0.25, -0.2) is 4.79 Å². The van der Waals surface area contributed by atoms with E-state index >= 15 is 0 Å². The van der Waals surface area contributed by atoms with E-state index in [-0.39, 0.29) is 18.4 Å². The van der Waals surface area contributed by atoms with Gasteiger partial charge in [0, 0.05) is 104 Å². The van der Waals surface area contributed by atoms with Gasteiger partial charge in [0.05, 0.1) is 49.1 Å². The number of piperazine rings is 1. The molecule has 0 aliphatic carbocycles. The lowest BCUT2D eigenvalue weighted by molar-refractivity contribution is -0.130. The zero-order chi connectivity index (χ0) is 59.2. The topological polar surface area (TPSA) is 195 Å². The Hall–Kier alpha value is -8.68. The van der Waals surface area contributed by atoms with Gasteiger partial charge in [0.1, 0.15) is 24.8 Å². The van der Waals surface area contributed by atoms with Crippen LogP contribution < -0.4 is 29.1 Å². The largest absolute Gasteiger partial charge is 0.472 e. The SMILES string of the molecule is CC#CC(=O)N1CCN(c2nc(OC[C@@H]3CCCN3C)nc3c2CCN(c2cccc4ccccc24)C3)CC1CC#N.CC#CC(=O)O.CN1CCC[C@H]1COc1nc2c(c(N3CCCC(CC#N)C3)n1)CCN(c1cccc3ccccc13)C2. The molecule has 2 aromatic heterocycles. The van der Waals surface area contributed by atoms with Gasteiger partial charge in [0.25, 0.3) is 5.91 Å². The quantitative estimate of drug-likeness (QED) is 0.114. The number of carboxylic acid groups (broad SMARTS) is 1. The van der Waals surface area contributed by atoms with Gasteiger partial charge >= 0.3 is 18.0 Å². The van der Waals surface area contributed by atoms with Crippen LogP contribution in [0.1, 0.15) is 87.7 Å². The molecule has 0 saturated carbocycles. The second-order valence-corrected chi connectivity index (χ2v) is 22.9. The Bertz CT molecular complexity index is 3570. The minimum atomic E-state index is -1.07. The summed E-state index contributed by atoms with van der Waals surface area (Å²) in [6, 6.07) is 36.2. The number of nitriles is 2. The summed E-state index contributed by atoms with van der Waals surface area (Å²) < 4.78 is 12.6. The van der Waals surface area contributed by atoms with E-state index in [1.165, 1.54) is 58.2 Å². The maximum absolute atomic E-state index is 12.7. The third-order valence-electron chi connectivity index (χ3n) is 17.4. The highest BCUT2D eigenvalue weighted by molar-refractivity contribution is 5.96. The monoisotopic (exact) mass is 1140 g/mol. The van der Waals surface area contributed by atoms with Crippen molar-refractivity contribution in [3.63, 3.8) is 0 Å². The summed E-state index contributed by atoms with van der Waals surface area (Å²) in [7, 11) is 4.31. The summed E-state index contributed by atoms with van der Waals surface area (Å²) in [5.74, 6) is 10.4. The van der Waals surface area contributed by atoms with Crippen molar-refractivity contribution in [1.82, 2.24) is 34.6 Å². The molecule has 6 aliphatic rings. The van der Waals surface area contributed by atoms with Crippen LogP contribution in [0.5, 0.6) is 12.0 Å². The second kappa shape index (κ2) is 28.3. The fourth-order valence-corrected chi connectivity index (χ4v) is 13.0. The van der Waals surface area contributed by atoms with E-state index in [9.17, 15) is 20.1 Å². The molecule has 8 heterocycles. The number of benzene rings is 4. The summed E-state index contributed by atoms with van der Waals surface area (Å²) in [5.41, 5.74) is 6.88. The van der Waals surface area contributed by atoms with Gasteiger partial charge in [-0.3, -0.25) is 4.79 Å². The van der Waals surface area contributed by atoms with E-state index in [0.717, 1.165) is 113 Å². The van der Waals surface area contributed by atoms with Gasteiger partial charge in [-0.2, -0.15) is 30.5 Å². The number of amides is 1. The average Bonchev–Trinajstić information content (AvgIpc) is 2.10. The van der Waals surface area contributed by atoms with Crippen LogP contribution in [0.25, 0.3) is 21.5 Å². The number of anilines is 4. The van der Waals surface area contributed by atoms with Crippen molar-refractivity contribution in [1.29, 1.82) is 10.5 Å². The highest BCUT2D eigenvalue weighted by Crippen LogP contribution is 2.38. The molecular formula is C67H77N13O5. The van der Waals surface area contributed by atoms with Crippen LogP contribution in [0.15, 0.2) is 84.9 Å². The lowest BCUT2D eigenvalue weighted by atomic mass is 9.94. The van der Waals surface area contributed by atoms with Crippen LogP contribution in [0.4, 0.5) is 23.0 Å². The van der Waals surface area contributed by atoms with Gasteiger partial charge in [-0.15, -0.1) is 0 Å². The number of likely N-dealkylation sites (tertiary alicyclic amines) is 2. The zero-order valence-corrected chi connectivity index (χ0v) is 49.5. The number of ether oxygens (including phenoxy) is 2. The van der Waals surface area contributed by atoms with Crippen molar-refractivity contribution in [2.24, 2.45) is 5.92 Å². The smallest absolute Gasteiger partial charge is 0.381 e. The zero-order valence-electron chi connectivity index (χ0n) is 49.5. The molecule has 0 radical (unpaired) electrons. The summed E-state index contributed by atoms with van der Waals surface area (Å²) >= 11 is 0. The van der Waals surface area contributed by atoms with Crippen molar-refractivity contribution in [2.75, 3.05) is 106 Å². The Kier molecular flexibility index (Phi) is 19.8. The number of carboxylic acids is 1. The standard InChI is InChI=1S/C33H37N7O2.C30H36N6O.C4H4O2/c1-3-8-31(41)40-20-19-39(21-25(40)14-16-34)32-28-15-18-38(30-13-6-10-24-9-4-5-12-27(24)30)22-29(28)35-33(36-32)42-23-26-11-7-17-37(26)2;1-34-16-6-10-24(34)21-37-30-32-27-20-35(28-12-4-9-23-8-2-3-11-25(23)28)18-14-26(27)29(33-30)36-17-5-7-22(19-36)13-15-31;1-2-3-4(5)6/h4-6,9-10,12-13,25-26H,7,11,14-15,17-23H2,1-2H3;2-4,8-9,11-12,22,24H,5-7,10,13-14,16-21H2,1H3;1H3,(H,5,6)/t25?,26-;22?,24-;/m00./s1. The first-order chi connectivity index (χ1) is 41.5. The lowest BCUT2D eigenvalue weighted by Crippen LogP contribution is -2.55. The Morgan fingerprint density at radius 1 is 0.565 bits per heavy atom. The van der Waals surface area contributed by atoms with E-state index < -0.39 is 5.97 Å². The number of hydrogen-bond acceptors (Lipinski definition) is 16. The highest BCUT2D eigenvalue weighted by Gasteiger charge is 2.35. The number of nitrogens with zero attached hydrogens (tertiary/aromatic N) is 13. The number of likely N-dealkylation sites (N-methyl/N-ethyl adjacent to an activating group) is 2. The maximum Gasteiger partial charge on any atom is 0.381 e. The third kappa shape index (κ3) is 14.3. The molecule has 2 unspecified atom stereocenters. The van der Waals surface area contributed by atoms with E-state index in [1.807, 2.05) is 5.92 Å². The molecular weight excluding hydrogens is 1070 g/mol. The first-order valence-corrected chi connectivity index (χ1v) is 30.1. The minimum absolute atomic E-state index is 0.224. The second-order valence-electron chi connectivity index (χ2n) is 22.9. The van der Waals surface area contributed by atoms with Crippen molar-refractivity contribution >= 4 is 56.4 Å². The molecule has 0 bridgehead atoms. The van der Waals surface area contributed by atoms with Crippen LogP contribution in [-0.4, -0.2) is 156 Å². The molecule has 440 valence electrons. The Morgan fingerprint density at radius 2 is 1.07 bits per heavy atom.